The van der Waals surface area contributed by atoms with E-state index < -0.39 is 0 Å². The molecule has 22 heavy (non-hydrogen) atoms. The minimum atomic E-state index is -0.312. The van der Waals surface area contributed by atoms with Crippen LogP contribution in [0.3, 0.4) is 0 Å². The normalized spacial score (nSPS) is 20.2. The van der Waals surface area contributed by atoms with Crippen LogP contribution < -0.4 is 15.8 Å². The second-order valence-electron chi connectivity index (χ2n) is 5.63. The molecular weight excluding hydrogens is 282 g/mol. The lowest BCUT2D eigenvalue weighted by atomic mass is 9.96. The van der Waals surface area contributed by atoms with E-state index in [4.69, 9.17) is 10.5 Å². The van der Waals surface area contributed by atoms with Gasteiger partial charge in [-0.3, -0.25) is 14.5 Å². The number of carbonyl (C=O) groups excluding carboxylic acids is 2. The summed E-state index contributed by atoms with van der Waals surface area (Å²) >= 11 is 0. The number of nitrogens with zero attached hydrogens (tertiary/aromatic N) is 1. The molecule has 1 heterocycles. The maximum atomic E-state index is 12.4. The quantitative estimate of drug-likeness (QED) is 0.856. The van der Waals surface area contributed by atoms with Gasteiger partial charge in [0.2, 0.25) is 11.8 Å². The number of ether oxygens (including phenoxy) is 1. The van der Waals surface area contributed by atoms with Crippen molar-refractivity contribution in [2.24, 2.45) is 11.7 Å². The van der Waals surface area contributed by atoms with Crippen molar-refractivity contribution in [2.45, 2.75) is 25.8 Å². The third-order valence-electron chi connectivity index (χ3n) is 4.12. The molecule has 2 amide bonds. The van der Waals surface area contributed by atoms with E-state index in [1.165, 1.54) is 0 Å². The van der Waals surface area contributed by atoms with Gasteiger partial charge in [-0.1, -0.05) is 6.07 Å². The molecule has 0 aromatic heterocycles. The van der Waals surface area contributed by atoms with Crippen molar-refractivity contribution in [1.29, 1.82) is 0 Å². The van der Waals surface area contributed by atoms with Crippen LogP contribution in [0, 0.1) is 5.92 Å². The van der Waals surface area contributed by atoms with Crippen LogP contribution in [0.5, 0.6) is 5.75 Å². The van der Waals surface area contributed by atoms with Crippen LogP contribution in [0.15, 0.2) is 24.3 Å². The van der Waals surface area contributed by atoms with E-state index in [0.29, 0.717) is 18.0 Å². The number of rotatable bonds is 5. The summed E-state index contributed by atoms with van der Waals surface area (Å²) in [5.41, 5.74) is 6.08. The topological polar surface area (TPSA) is 84.7 Å². The Labute approximate surface area is 130 Å². The van der Waals surface area contributed by atoms with Crippen molar-refractivity contribution in [3.63, 3.8) is 0 Å². The number of nitrogens with one attached hydrogen (secondary N) is 1. The SMILES string of the molecule is COc1cccc(NC(=O)[C@@H](C)N2CCC[C@H](C(N)=O)C2)c1. The molecule has 6 heteroatoms. The highest BCUT2D eigenvalue weighted by Gasteiger charge is 2.29. The summed E-state index contributed by atoms with van der Waals surface area (Å²) < 4.78 is 5.14. The molecule has 1 saturated heterocycles. The average molecular weight is 305 g/mol. The zero-order valence-corrected chi connectivity index (χ0v) is 13.0. The number of nitrogens with two attached hydrogens (primary N) is 1. The van der Waals surface area contributed by atoms with Crippen LogP contribution in [0.4, 0.5) is 5.69 Å². The minimum Gasteiger partial charge on any atom is -0.497 e. The van der Waals surface area contributed by atoms with E-state index >= 15 is 0 Å². The van der Waals surface area contributed by atoms with Crippen molar-refractivity contribution >= 4 is 17.5 Å². The van der Waals surface area contributed by atoms with Gasteiger partial charge in [0.05, 0.1) is 19.1 Å². The van der Waals surface area contributed by atoms with Gasteiger partial charge in [-0.05, 0) is 38.4 Å². The lowest BCUT2D eigenvalue weighted by Gasteiger charge is -2.34. The number of anilines is 1. The van der Waals surface area contributed by atoms with Gasteiger partial charge in [0, 0.05) is 18.3 Å². The Morgan fingerprint density at radius 2 is 2.23 bits per heavy atom. The molecule has 2 rings (SSSR count). The number of carbonyl (C=O) groups is 2. The molecule has 0 radical (unpaired) electrons. The van der Waals surface area contributed by atoms with Crippen molar-refractivity contribution in [3.05, 3.63) is 24.3 Å². The zero-order valence-electron chi connectivity index (χ0n) is 13.0. The number of benzene rings is 1. The first kappa shape index (κ1) is 16.3. The summed E-state index contributed by atoms with van der Waals surface area (Å²) in [6.07, 6.45) is 1.68. The standard InChI is InChI=1S/C16H23N3O3/c1-11(19-8-4-5-12(10-19)15(17)20)16(21)18-13-6-3-7-14(9-13)22-2/h3,6-7,9,11-12H,4-5,8,10H2,1-2H3,(H2,17,20)(H,18,21)/t11-,12+/m1/s1. The summed E-state index contributed by atoms with van der Waals surface area (Å²) in [6.45, 7) is 3.19. The Kier molecular flexibility index (Phi) is 5.38. The molecule has 0 unspecified atom stereocenters. The largest absolute Gasteiger partial charge is 0.497 e. The van der Waals surface area contributed by atoms with Gasteiger partial charge in [0.15, 0.2) is 0 Å². The summed E-state index contributed by atoms with van der Waals surface area (Å²) in [6, 6.07) is 6.92. The van der Waals surface area contributed by atoms with E-state index in [9.17, 15) is 9.59 Å². The van der Waals surface area contributed by atoms with Crippen molar-refractivity contribution in [3.8, 4) is 5.75 Å². The summed E-state index contributed by atoms with van der Waals surface area (Å²) in [7, 11) is 1.58. The Morgan fingerprint density at radius 3 is 2.91 bits per heavy atom. The summed E-state index contributed by atoms with van der Waals surface area (Å²) in [5, 5.41) is 2.88. The van der Waals surface area contributed by atoms with Crippen LogP contribution in [0.25, 0.3) is 0 Å². The van der Waals surface area contributed by atoms with Gasteiger partial charge in [0.25, 0.3) is 0 Å². The first-order chi connectivity index (χ1) is 10.5. The molecule has 120 valence electrons. The number of piperidine rings is 1. The molecule has 1 aliphatic heterocycles. The van der Waals surface area contributed by atoms with E-state index in [1.54, 1.807) is 13.2 Å². The molecule has 1 aromatic rings. The van der Waals surface area contributed by atoms with Crippen LogP contribution >= 0.6 is 0 Å². The van der Waals surface area contributed by atoms with E-state index in [-0.39, 0.29) is 23.8 Å². The number of primary amides is 1. The third-order valence-corrected chi connectivity index (χ3v) is 4.12. The number of likely N-dealkylation sites (tertiary alicyclic amines) is 1. The Hall–Kier alpha value is -2.08. The average Bonchev–Trinajstić information content (AvgIpc) is 2.54. The lowest BCUT2D eigenvalue weighted by Crippen LogP contribution is -2.49. The van der Waals surface area contributed by atoms with Crippen LogP contribution in [0.2, 0.25) is 0 Å². The second kappa shape index (κ2) is 7.26. The van der Waals surface area contributed by atoms with Crippen LogP contribution in [0.1, 0.15) is 19.8 Å². The number of hydrogen-bond donors (Lipinski definition) is 2. The second-order valence-corrected chi connectivity index (χ2v) is 5.63. The van der Waals surface area contributed by atoms with E-state index in [0.717, 1.165) is 19.4 Å². The highest BCUT2D eigenvalue weighted by molar-refractivity contribution is 5.94. The molecular formula is C16H23N3O3. The fourth-order valence-electron chi connectivity index (χ4n) is 2.70. The smallest absolute Gasteiger partial charge is 0.241 e. The number of methoxy groups -OCH3 is 1. The van der Waals surface area contributed by atoms with E-state index in [1.807, 2.05) is 30.0 Å². The van der Waals surface area contributed by atoms with Gasteiger partial charge in [0.1, 0.15) is 5.75 Å². The molecule has 6 nitrogen and oxygen atoms in total. The summed E-state index contributed by atoms with van der Waals surface area (Å²) in [4.78, 5) is 25.7. The Bertz CT molecular complexity index is 547. The molecule has 0 bridgehead atoms. The van der Waals surface area contributed by atoms with Crippen molar-refractivity contribution < 1.29 is 14.3 Å². The van der Waals surface area contributed by atoms with Crippen LogP contribution in [-0.2, 0) is 9.59 Å². The van der Waals surface area contributed by atoms with Crippen molar-refractivity contribution in [1.82, 2.24) is 4.90 Å². The third kappa shape index (κ3) is 3.98. The highest BCUT2D eigenvalue weighted by Crippen LogP contribution is 2.20. The number of hydrogen-bond acceptors (Lipinski definition) is 4. The molecule has 0 spiro atoms. The fourth-order valence-corrected chi connectivity index (χ4v) is 2.70. The predicted molar refractivity (Wildman–Crippen MR) is 84.6 cm³/mol. The fraction of sp³-hybridized carbons (Fsp3) is 0.500. The predicted octanol–water partition coefficient (Wildman–Crippen LogP) is 1.22. The zero-order chi connectivity index (χ0) is 16.1. The van der Waals surface area contributed by atoms with Gasteiger partial charge < -0.3 is 15.8 Å². The lowest BCUT2D eigenvalue weighted by molar-refractivity contribution is -0.127. The summed E-state index contributed by atoms with van der Waals surface area (Å²) in [5.74, 6) is 0.140. The highest BCUT2D eigenvalue weighted by atomic mass is 16.5. The monoisotopic (exact) mass is 305 g/mol. The maximum Gasteiger partial charge on any atom is 0.241 e. The molecule has 3 N–H and O–H groups in total. The first-order valence-corrected chi connectivity index (χ1v) is 7.49. The van der Waals surface area contributed by atoms with Crippen LogP contribution in [-0.4, -0.2) is 43.0 Å². The van der Waals surface area contributed by atoms with Gasteiger partial charge in [-0.2, -0.15) is 0 Å². The van der Waals surface area contributed by atoms with Gasteiger partial charge in [-0.25, -0.2) is 0 Å². The Balaban J connectivity index is 1.97. The minimum absolute atomic E-state index is 0.0987. The van der Waals surface area contributed by atoms with Crippen molar-refractivity contribution in [2.75, 3.05) is 25.5 Å². The van der Waals surface area contributed by atoms with E-state index in [2.05, 4.69) is 5.32 Å². The maximum absolute atomic E-state index is 12.4. The van der Waals surface area contributed by atoms with Gasteiger partial charge in [-0.15, -0.1) is 0 Å². The molecule has 0 saturated carbocycles. The number of amides is 2. The molecule has 1 aliphatic rings. The molecule has 2 atom stereocenters. The molecule has 0 aliphatic carbocycles. The molecule has 1 aromatic carbocycles. The van der Waals surface area contributed by atoms with Gasteiger partial charge >= 0.3 is 0 Å². The molecule has 1 fully saturated rings. The first-order valence-electron chi connectivity index (χ1n) is 7.49. The Morgan fingerprint density at radius 1 is 1.45 bits per heavy atom.